The number of nitrogens with two attached hydrogens (primary N) is 2. The Morgan fingerprint density at radius 2 is 1.38 bits per heavy atom. The first-order valence-electron chi connectivity index (χ1n) is 26.2. The van der Waals surface area contributed by atoms with Crippen molar-refractivity contribution in [2.45, 2.75) is 61.1 Å². The molecule has 9 aromatic rings. The Balaban J connectivity index is 0.000000181. The van der Waals surface area contributed by atoms with Gasteiger partial charge in [-0.05, 0) is 114 Å². The van der Waals surface area contributed by atoms with Gasteiger partial charge in [-0.25, -0.2) is 18.0 Å². The molecule has 2 heterocycles. The van der Waals surface area contributed by atoms with Gasteiger partial charge in [0.25, 0.3) is 6.21 Å². The largest absolute Gasteiger partial charge is 0.744 e. The maximum absolute atomic E-state index is 12.8. The van der Waals surface area contributed by atoms with Gasteiger partial charge < -0.3 is 45.4 Å². The molecular weight excluding hydrogens is 1200 g/mol. The number of hydrogen-bond donors (Lipinski definition) is 3. The number of hydrogen-bond acceptors (Lipinski definition) is 19. The smallest absolute Gasteiger partial charge is 0.338 e. The van der Waals surface area contributed by atoms with Gasteiger partial charge in [0.15, 0.2) is 0 Å². The second-order valence-electron chi connectivity index (χ2n) is 18.8. The molecule has 0 spiro atoms. The minimum Gasteiger partial charge on any atom is -0.744 e. The summed E-state index contributed by atoms with van der Waals surface area (Å²) in [6, 6.07) is 39.5. The fraction of sp³-hybridized carbons (Fsp3) is 0.143. The number of aryl methyl sites for hydroxylation is 2. The molecule has 1 aliphatic heterocycles. The molecule has 0 radical (unpaired) electrons. The monoisotopic (exact) mass is 1260 g/mol. The number of esters is 1. The van der Waals surface area contributed by atoms with Gasteiger partial charge in [-0.3, -0.25) is 10.1 Å². The number of carbonyl (C=O) groups is 1. The molecule has 446 valence electrons. The van der Waals surface area contributed by atoms with Crippen molar-refractivity contribution in [3.63, 3.8) is 0 Å². The lowest BCUT2D eigenvalue weighted by molar-refractivity contribution is -0.777. The highest BCUT2D eigenvalue weighted by Crippen LogP contribution is 2.47. The van der Waals surface area contributed by atoms with Crippen LogP contribution in [0.25, 0.3) is 82.8 Å². The van der Waals surface area contributed by atoms with E-state index in [4.69, 9.17) is 48.2 Å². The second-order valence-corrected chi connectivity index (χ2v) is 22.2. The first kappa shape index (κ1) is 64.0. The Kier molecular flexibility index (Phi) is 21.6. The summed E-state index contributed by atoms with van der Waals surface area (Å²) >= 11 is 12.4. The van der Waals surface area contributed by atoms with Gasteiger partial charge in [-0.1, -0.05) is 84.1 Å². The van der Waals surface area contributed by atoms with Crippen molar-refractivity contribution in [2.75, 3.05) is 29.9 Å². The van der Waals surface area contributed by atoms with E-state index in [1.165, 1.54) is 12.1 Å². The number of ether oxygens (including phenoxy) is 1. The molecule has 0 bridgehead atoms. The molecule has 0 fully saturated rings. The highest BCUT2D eigenvalue weighted by Gasteiger charge is 2.25. The summed E-state index contributed by atoms with van der Waals surface area (Å²) in [6.07, 6.45) is 3.59. The van der Waals surface area contributed by atoms with E-state index < -0.39 is 20.6 Å². The van der Waals surface area contributed by atoms with Gasteiger partial charge in [-0.15, -0.1) is 23.2 Å². The average molecular weight is 1260 g/mol. The van der Waals surface area contributed by atoms with E-state index in [-0.39, 0.29) is 23.6 Å². The van der Waals surface area contributed by atoms with Crippen molar-refractivity contribution in [1.82, 2.24) is 4.67 Å². The van der Waals surface area contributed by atoms with E-state index >= 15 is 0 Å². The number of nitrogen functional groups attached to an aromatic ring is 2. The molecule has 23 heteroatoms. The molecule has 86 heavy (non-hydrogen) atoms. The Morgan fingerprint density at radius 1 is 0.744 bits per heavy atom. The second kappa shape index (κ2) is 29.0. The maximum atomic E-state index is 12.8. The summed E-state index contributed by atoms with van der Waals surface area (Å²) in [7, 11) is -4.87. The summed E-state index contributed by atoms with van der Waals surface area (Å²) < 4.78 is 65.7. The lowest BCUT2D eigenvalue weighted by Crippen LogP contribution is -2.12. The zero-order valence-corrected chi connectivity index (χ0v) is 50.7. The number of rotatable bonds is 15. The zero-order chi connectivity index (χ0) is 61.8. The van der Waals surface area contributed by atoms with Gasteiger partial charge in [0, 0.05) is 115 Å². The maximum Gasteiger partial charge on any atom is 0.338 e. The van der Waals surface area contributed by atoms with Crippen molar-refractivity contribution in [2.24, 2.45) is 0 Å². The summed E-state index contributed by atoms with van der Waals surface area (Å²) in [4.78, 5) is 24.1. The highest BCUT2D eigenvalue weighted by atomic mass is 35.5. The molecule has 0 atom stereocenters. The number of benzene rings is 9. The molecule has 8 aromatic carbocycles. The first-order valence-corrected chi connectivity index (χ1v) is 30.1. The van der Waals surface area contributed by atoms with Crippen LogP contribution in [0.2, 0.25) is 0 Å². The third kappa shape index (κ3) is 14.3. The number of nitrogens with zero attached hydrogens (tertiary/aromatic N) is 1. The normalized spacial score (nSPS) is 11.2. The van der Waals surface area contributed by atoms with Gasteiger partial charge in [0.2, 0.25) is 0 Å². The number of halogens is 2. The van der Waals surface area contributed by atoms with Crippen LogP contribution < -0.4 is 42.9 Å². The molecule has 2 aliphatic rings. The van der Waals surface area contributed by atoms with Gasteiger partial charge in [-0.2, -0.15) is 8.67 Å². The third-order valence-electron chi connectivity index (χ3n) is 13.5. The summed E-state index contributed by atoms with van der Waals surface area (Å²) in [6.45, 7) is 14.7. The van der Waals surface area contributed by atoms with E-state index in [9.17, 15) is 33.1 Å². The SMILES string of the molecule is C=Cc1ccc(CCl)cc1.CC=[N+]=c1cc2oc3cc(NCC)c(C)cc3c(-c3ccccc3C(=O)OCC)c-2cc1C.Nc1cc(SOO[O-])c2ccc3c(SOO[O-])cc(S(=O)(=O)[O-])c4ccc1c2c34.Nc1ccc2c(CCl)cc(=O)oc2c1.[HH]. The summed E-state index contributed by atoms with van der Waals surface area (Å²) in [5.74, 6) is 1.25. The molecule has 18 nitrogen and oxygen atoms in total. The highest BCUT2D eigenvalue weighted by molar-refractivity contribution is 7.95. The number of anilines is 3. The van der Waals surface area contributed by atoms with Crippen LogP contribution in [0.3, 0.4) is 0 Å². The van der Waals surface area contributed by atoms with E-state index in [1.807, 2.05) is 87.5 Å². The number of alkyl halides is 2. The van der Waals surface area contributed by atoms with Crippen LogP contribution in [-0.4, -0.2) is 38.3 Å². The minimum absolute atomic E-state index is 0. The third-order valence-corrected chi connectivity index (χ3v) is 16.2. The topological polar surface area (TPSA) is 288 Å². The van der Waals surface area contributed by atoms with Gasteiger partial charge in [0.05, 0.1) is 47.2 Å². The fourth-order valence-electron chi connectivity index (χ4n) is 9.69. The molecule has 1 aliphatic carbocycles. The standard InChI is InChI=1S/C28H28N2O3.C16H11NO9S3.C10H8ClNO2.C9H9Cl.H2/c1-6-29-23-15-25-21(13-17(23)4)27(19-11-9-10-12-20(19)28(31)32-8-3)22-14-18(5)24(30-7-2)16-26(22)33-25;17-11-5-12(27-25-23-18)8-2-3-9-13(28-26-24-19)6-14(29(20,21)22)10-4-1-7(11)15(8)16(9)10;11-5-6-3-10(13)14-9-4-7(12)1-2-8(6)9;1-2-8-3-5-9(7-10)6-4-8;/h6,9-16H,7-8H2,1-5H3;1-6,18-19H,17H2,(H,20,21,22);1-4H,5,12H2;2-6H,1,7H2;1H/p-2. The predicted octanol–water partition coefficient (Wildman–Crippen LogP) is 12.4. The summed E-state index contributed by atoms with van der Waals surface area (Å²) in [5.41, 5.74) is 22.9. The van der Waals surface area contributed by atoms with Crippen LogP contribution in [0.15, 0.2) is 168 Å². The fourth-order valence-corrected chi connectivity index (χ4v) is 11.9. The molecule has 5 N–H and O–H groups in total. The van der Waals surface area contributed by atoms with Crippen molar-refractivity contribution >= 4 is 147 Å². The van der Waals surface area contributed by atoms with E-state index in [1.54, 1.807) is 48.7 Å². The van der Waals surface area contributed by atoms with E-state index in [2.05, 4.69) is 61.3 Å². The minimum atomic E-state index is -4.87. The van der Waals surface area contributed by atoms with Crippen molar-refractivity contribution in [1.29, 1.82) is 0 Å². The first-order chi connectivity index (χ1) is 41.4. The molecular formula is C63H56Cl2N4O14S3-2. The quantitative estimate of drug-likeness (QED) is 0.00699. The lowest BCUT2D eigenvalue weighted by atomic mass is 9.89. The lowest BCUT2D eigenvalue weighted by Gasteiger charge is -2.20. The Bertz CT molecular complexity index is 4560. The van der Waals surface area contributed by atoms with Crippen molar-refractivity contribution < 1.29 is 62.0 Å². The van der Waals surface area contributed by atoms with Crippen LogP contribution in [0.4, 0.5) is 17.1 Å². The summed E-state index contributed by atoms with van der Waals surface area (Å²) in [5, 5.41) is 36.0. The van der Waals surface area contributed by atoms with Crippen LogP contribution in [0.1, 0.15) is 60.4 Å². The Morgan fingerprint density at radius 3 is 2.01 bits per heavy atom. The van der Waals surface area contributed by atoms with E-state index in [0.717, 1.165) is 84.5 Å². The van der Waals surface area contributed by atoms with Gasteiger partial charge >= 0.3 is 17.0 Å². The van der Waals surface area contributed by atoms with Crippen LogP contribution in [-0.2, 0) is 45.4 Å². The number of carbonyl (C=O) groups excluding carboxylic acids is 1. The van der Waals surface area contributed by atoms with Crippen LogP contribution in [0.5, 0.6) is 0 Å². The number of fused-ring (bicyclic) bond motifs is 3. The molecule has 1 aromatic heterocycles. The Labute approximate surface area is 513 Å². The zero-order valence-electron chi connectivity index (χ0n) is 46.7. The molecule has 0 saturated carbocycles. The van der Waals surface area contributed by atoms with Crippen LogP contribution >= 0.6 is 47.3 Å². The molecule has 0 amide bonds. The predicted molar refractivity (Wildman–Crippen MR) is 338 cm³/mol. The number of nitrogens with one attached hydrogen (secondary N) is 1. The van der Waals surface area contributed by atoms with Crippen molar-refractivity contribution in [3.05, 3.63) is 189 Å². The average Bonchev–Trinajstić information content (AvgIpc) is 0.772. The Hall–Kier alpha value is -7.96. The van der Waals surface area contributed by atoms with Crippen molar-refractivity contribution in [3.8, 4) is 22.5 Å². The molecule has 0 unspecified atom stereocenters. The molecule has 0 saturated heterocycles. The molecule has 11 rings (SSSR count). The van der Waals surface area contributed by atoms with E-state index in [0.29, 0.717) is 96.7 Å². The van der Waals surface area contributed by atoms with Crippen LogP contribution in [0, 0.1) is 13.8 Å². The van der Waals surface area contributed by atoms with Gasteiger partial charge in [0.1, 0.15) is 27.0 Å².